The quantitative estimate of drug-likeness (QED) is 0.200. The van der Waals surface area contributed by atoms with E-state index >= 15 is 0 Å². The zero-order valence-corrected chi connectivity index (χ0v) is 22.0. The van der Waals surface area contributed by atoms with Crippen LogP contribution in [0.1, 0.15) is 54.4 Å². The monoisotopic (exact) mass is 512 g/mol. The molecule has 196 valence electrons. The lowest BCUT2D eigenvalue weighted by molar-refractivity contribution is -0.136. The van der Waals surface area contributed by atoms with Gasteiger partial charge in [0.1, 0.15) is 34.6 Å². The first-order valence-electron chi connectivity index (χ1n) is 12.8. The molecule has 38 heavy (non-hydrogen) atoms. The van der Waals surface area contributed by atoms with E-state index in [9.17, 15) is 10.1 Å². The number of carbonyl (C=O) groups excluding carboxylic acids is 1. The number of fused-ring (bicyclic) bond motifs is 1. The summed E-state index contributed by atoms with van der Waals surface area (Å²) in [4.78, 5) is 12.5. The Morgan fingerprint density at radius 2 is 1.76 bits per heavy atom. The van der Waals surface area contributed by atoms with E-state index in [0.29, 0.717) is 29.4 Å². The van der Waals surface area contributed by atoms with Crippen molar-refractivity contribution in [2.75, 3.05) is 13.2 Å². The van der Waals surface area contributed by atoms with E-state index in [1.54, 1.807) is 18.2 Å². The summed E-state index contributed by atoms with van der Waals surface area (Å²) >= 11 is 0. The number of carbonyl (C=O) groups is 1. The maximum absolute atomic E-state index is 12.5. The van der Waals surface area contributed by atoms with E-state index in [1.807, 2.05) is 56.3 Å². The van der Waals surface area contributed by atoms with Crippen LogP contribution < -0.4 is 24.7 Å². The van der Waals surface area contributed by atoms with E-state index in [-0.39, 0.29) is 18.2 Å². The van der Waals surface area contributed by atoms with Gasteiger partial charge in [0.15, 0.2) is 6.61 Å². The molecule has 0 saturated heterocycles. The molecular weight excluding hydrogens is 480 g/mol. The Labute approximate surface area is 223 Å². The number of hydrogen-bond acceptors (Lipinski definition) is 7. The first-order chi connectivity index (χ1) is 18.4. The van der Waals surface area contributed by atoms with Crippen LogP contribution in [0.25, 0.3) is 0 Å². The molecule has 1 unspecified atom stereocenters. The van der Waals surface area contributed by atoms with Crippen LogP contribution in [0.4, 0.5) is 0 Å². The third kappa shape index (κ3) is 5.92. The average Bonchev–Trinajstić information content (AvgIpc) is 2.90. The molecule has 0 amide bonds. The van der Waals surface area contributed by atoms with Gasteiger partial charge in [0.25, 0.3) is 0 Å². The number of esters is 1. The van der Waals surface area contributed by atoms with E-state index in [4.69, 9.17) is 24.7 Å². The minimum absolute atomic E-state index is 0.00706. The van der Waals surface area contributed by atoms with Crippen molar-refractivity contribution in [1.82, 2.24) is 0 Å². The second kappa shape index (κ2) is 12.2. The lowest BCUT2D eigenvalue weighted by Gasteiger charge is -2.28. The van der Waals surface area contributed by atoms with E-state index < -0.39 is 11.9 Å². The number of benzene rings is 3. The lowest BCUT2D eigenvalue weighted by Crippen LogP contribution is -2.22. The van der Waals surface area contributed by atoms with Gasteiger partial charge in [-0.1, -0.05) is 62.2 Å². The Bertz CT molecular complexity index is 1370. The summed E-state index contributed by atoms with van der Waals surface area (Å²) in [5.74, 6) is 1.03. The molecule has 0 saturated carbocycles. The maximum Gasteiger partial charge on any atom is 0.349 e. The highest BCUT2D eigenvalue weighted by molar-refractivity contribution is 5.74. The first-order valence-corrected chi connectivity index (χ1v) is 12.8. The van der Waals surface area contributed by atoms with Gasteiger partial charge in [-0.25, -0.2) is 4.79 Å². The predicted molar refractivity (Wildman–Crippen MR) is 144 cm³/mol. The van der Waals surface area contributed by atoms with Crippen LogP contribution in [0.3, 0.4) is 0 Å². The average molecular weight is 513 g/mol. The number of unbranched alkanes of at least 4 members (excludes halogenated alkanes) is 2. The minimum Gasteiger partial charge on any atom is -0.493 e. The van der Waals surface area contributed by atoms with Gasteiger partial charge < -0.3 is 24.7 Å². The van der Waals surface area contributed by atoms with Gasteiger partial charge in [-0.2, -0.15) is 5.26 Å². The first kappa shape index (κ1) is 26.6. The fourth-order valence-corrected chi connectivity index (χ4v) is 4.52. The number of aryl methyl sites for hydroxylation is 2. The fraction of sp³-hybridized carbons (Fsp3) is 0.290. The van der Waals surface area contributed by atoms with Gasteiger partial charge in [-0.15, -0.1) is 0 Å². The van der Waals surface area contributed by atoms with Gasteiger partial charge in [-0.3, -0.25) is 0 Å². The summed E-state index contributed by atoms with van der Waals surface area (Å²) in [6.07, 6.45) is 3.12. The van der Waals surface area contributed by atoms with Crippen LogP contribution in [0.2, 0.25) is 0 Å². The highest BCUT2D eigenvalue weighted by atomic mass is 16.6. The molecular formula is C31H32N2O5. The second-order valence-electron chi connectivity index (χ2n) is 9.20. The van der Waals surface area contributed by atoms with Gasteiger partial charge in [0.05, 0.1) is 12.5 Å². The van der Waals surface area contributed by atoms with Crippen molar-refractivity contribution >= 4 is 5.97 Å². The third-order valence-corrected chi connectivity index (χ3v) is 6.40. The Morgan fingerprint density at radius 3 is 2.50 bits per heavy atom. The van der Waals surface area contributed by atoms with Crippen LogP contribution in [-0.4, -0.2) is 19.2 Å². The highest BCUT2D eigenvalue weighted by Crippen LogP contribution is 2.45. The Hall–Kier alpha value is -4.44. The van der Waals surface area contributed by atoms with Crippen molar-refractivity contribution in [3.63, 3.8) is 0 Å². The standard InChI is InChI=1S/C31H32N2O5/c1-4-5-8-16-35-26-13-7-6-12-23(26)29-24-15-14-22(17-27(24)38-31(33)25(29)18-32)37-28(34)19-36-30-20(2)10-9-11-21(30)3/h6-7,9-15,17,29H,4-5,8,16,19,33H2,1-3H3. The third-order valence-electron chi connectivity index (χ3n) is 6.40. The molecule has 1 atom stereocenters. The van der Waals surface area contributed by atoms with Crippen LogP contribution in [0.5, 0.6) is 23.0 Å². The Morgan fingerprint density at radius 1 is 1.00 bits per heavy atom. The molecule has 1 aliphatic rings. The number of allylic oxidation sites excluding steroid dienone is 1. The molecule has 0 fully saturated rings. The number of nitrogens with two attached hydrogens (primary N) is 1. The number of nitrogens with zero attached hydrogens (tertiary/aromatic N) is 1. The normalized spacial score (nSPS) is 14.2. The second-order valence-corrected chi connectivity index (χ2v) is 9.20. The van der Waals surface area contributed by atoms with Crippen molar-refractivity contribution in [3.8, 4) is 29.1 Å². The molecule has 0 aromatic heterocycles. The van der Waals surface area contributed by atoms with Gasteiger partial charge in [-0.05, 0) is 43.5 Å². The summed E-state index contributed by atoms with van der Waals surface area (Å²) in [6, 6.07) is 20.7. The molecule has 0 spiro atoms. The van der Waals surface area contributed by atoms with Crippen molar-refractivity contribution in [2.45, 2.75) is 46.0 Å². The van der Waals surface area contributed by atoms with Gasteiger partial charge in [0, 0.05) is 17.2 Å². The number of nitriles is 1. The SMILES string of the molecule is CCCCCOc1ccccc1C1C(C#N)=C(N)Oc2cc(OC(=O)COc3c(C)cccc3C)ccc21. The van der Waals surface area contributed by atoms with Crippen molar-refractivity contribution in [2.24, 2.45) is 5.73 Å². The van der Waals surface area contributed by atoms with Crippen LogP contribution >= 0.6 is 0 Å². The van der Waals surface area contributed by atoms with E-state index in [2.05, 4.69) is 13.0 Å². The smallest absolute Gasteiger partial charge is 0.349 e. The van der Waals surface area contributed by atoms with Gasteiger partial charge in [0.2, 0.25) is 5.88 Å². The molecule has 1 heterocycles. The summed E-state index contributed by atoms with van der Waals surface area (Å²) < 4.78 is 23.1. The topological polar surface area (TPSA) is 104 Å². The molecule has 0 aliphatic carbocycles. The highest BCUT2D eigenvalue weighted by Gasteiger charge is 2.33. The number of ether oxygens (including phenoxy) is 4. The predicted octanol–water partition coefficient (Wildman–Crippen LogP) is 6.08. The van der Waals surface area contributed by atoms with Crippen LogP contribution in [0.15, 0.2) is 72.1 Å². The molecule has 0 radical (unpaired) electrons. The number of hydrogen-bond donors (Lipinski definition) is 1. The summed E-state index contributed by atoms with van der Waals surface area (Å²) in [5, 5.41) is 9.93. The van der Waals surface area contributed by atoms with Crippen molar-refractivity contribution < 1.29 is 23.7 Å². The molecule has 3 aromatic carbocycles. The fourth-order valence-electron chi connectivity index (χ4n) is 4.52. The van der Waals surface area contributed by atoms with Crippen molar-refractivity contribution in [3.05, 3.63) is 94.4 Å². The molecule has 1 aliphatic heterocycles. The van der Waals surface area contributed by atoms with E-state index in [0.717, 1.165) is 41.5 Å². The molecule has 7 nitrogen and oxygen atoms in total. The van der Waals surface area contributed by atoms with Crippen molar-refractivity contribution in [1.29, 1.82) is 5.26 Å². The minimum atomic E-state index is -0.549. The maximum atomic E-state index is 12.5. The number of rotatable bonds is 10. The molecule has 7 heteroatoms. The molecule has 0 bridgehead atoms. The summed E-state index contributed by atoms with van der Waals surface area (Å²) in [6.45, 7) is 6.33. The molecule has 2 N–H and O–H groups in total. The zero-order valence-electron chi connectivity index (χ0n) is 22.0. The largest absolute Gasteiger partial charge is 0.493 e. The lowest BCUT2D eigenvalue weighted by atomic mass is 9.83. The molecule has 3 aromatic rings. The van der Waals surface area contributed by atoms with Gasteiger partial charge >= 0.3 is 5.97 Å². The Kier molecular flexibility index (Phi) is 8.55. The van der Waals surface area contributed by atoms with E-state index in [1.165, 1.54) is 0 Å². The van der Waals surface area contributed by atoms with Crippen LogP contribution in [0, 0.1) is 25.2 Å². The number of para-hydroxylation sites is 2. The zero-order chi connectivity index (χ0) is 27.1. The Balaban J connectivity index is 1.56. The summed E-state index contributed by atoms with van der Waals surface area (Å²) in [5.41, 5.74) is 9.91. The van der Waals surface area contributed by atoms with Crippen LogP contribution in [-0.2, 0) is 4.79 Å². The summed E-state index contributed by atoms with van der Waals surface area (Å²) in [7, 11) is 0. The molecule has 4 rings (SSSR count).